The Morgan fingerprint density at radius 1 is 1.08 bits per heavy atom. The first-order valence-electron chi connectivity index (χ1n) is 11.4. The van der Waals surface area contributed by atoms with Crippen LogP contribution in [0.4, 0.5) is 5.69 Å². The van der Waals surface area contributed by atoms with Gasteiger partial charge in [0.2, 0.25) is 0 Å². The van der Waals surface area contributed by atoms with Gasteiger partial charge in [0.05, 0.1) is 28.2 Å². The molecular weight excluding hydrogens is 478 g/mol. The molecule has 4 rings (SSSR count). The van der Waals surface area contributed by atoms with E-state index >= 15 is 0 Å². The highest BCUT2D eigenvalue weighted by Crippen LogP contribution is 2.40. The summed E-state index contributed by atoms with van der Waals surface area (Å²) in [6.07, 6.45) is 2.77. The molecular formula is C27H23N3O7. The summed E-state index contributed by atoms with van der Waals surface area (Å²) in [5.74, 6) is -2.63. The SMILES string of the molecule is CC(C)OC(=O)c1ccc(CN2C(=O)C(=O)/C(=C(\O)c3ccc([N+](=O)[O-])cc3)C2c2cccnc2)cc1. The molecule has 1 N–H and O–H groups in total. The molecule has 37 heavy (non-hydrogen) atoms. The Morgan fingerprint density at radius 3 is 2.30 bits per heavy atom. The predicted octanol–water partition coefficient (Wildman–Crippen LogP) is 4.18. The van der Waals surface area contributed by atoms with Crippen LogP contribution in [0.15, 0.2) is 78.6 Å². The third-order valence-electron chi connectivity index (χ3n) is 5.78. The van der Waals surface area contributed by atoms with Gasteiger partial charge in [-0.25, -0.2) is 4.79 Å². The van der Waals surface area contributed by atoms with E-state index in [2.05, 4.69) is 4.98 Å². The number of aliphatic hydroxyl groups is 1. The molecule has 2 aromatic carbocycles. The number of carbonyl (C=O) groups excluding carboxylic acids is 3. The summed E-state index contributed by atoms with van der Waals surface area (Å²) in [4.78, 5) is 54.2. The molecule has 0 bridgehead atoms. The van der Waals surface area contributed by atoms with Gasteiger partial charge < -0.3 is 14.7 Å². The molecule has 1 aliphatic heterocycles. The Bertz CT molecular complexity index is 1380. The molecule has 1 unspecified atom stereocenters. The van der Waals surface area contributed by atoms with Crippen molar-refractivity contribution in [1.82, 2.24) is 9.88 Å². The van der Waals surface area contributed by atoms with E-state index < -0.39 is 34.4 Å². The van der Waals surface area contributed by atoms with Gasteiger partial charge in [0.15, 0.2) is 0 Å². The minimum atomic E-state index is -0.950. The predicted molar refractivity (Wildman–Crippen MR) is 132 cm³/mol. The van der Waals surface area contributed by atoms with Gasteiger partial charge in [-0.1, -0.05) is 18.2 Å². The summed E-state index contributed by atoms with van der Waals surface area (Å²) in [7, 11) is 0. The van der Waals surface area contributed by atoms with Crippen LogP contribution in [-0.2, 0) is 20.9 Å². The van der Waals surface area contributed by atoms with Crippen LogP contribution in [0.5, 0.6) is 0 Å². The van der Waals surface area contributed by atoms with Crippen molar-refractivity contribution < 1.29 is 29.2 Å². The Kier molecular flexibility index (Phi) is 7.10. The lowest BCUT2D eigenvalue weighted by molar-refractivity contribution is -0.384. The molecule has 10 nitrogen and oxygen atoms in total. The number of rotatable bonds is 7. The second-order valence-corrected chi connectivity index (χ2v) is 8.67. The molecule has 2 heterocycles. The number of ether oxygens (including phenoxy) is 1. The normalized spacial score (nSPS) is 16.7. The first-order chi connectivity index (χ1) is 17.7. The maximum Gasteiger partial charge on any atom is 0.338 e. The molecule has 0 spiro atoms. The van der Waals surface area contributed by atoms with Crippen molar-refractivity contribution >= 4 is 29.1 Å². The van der Waals surface area contributed by atoms with Gasteiger partial charge in [0.25, 0.3) is 17.4 Å². The van der Waals surface area contributed by atoms with Crippen molar-refractivity contribution in [2.75, 3.05) is 0 Å². The van der Waals surface area contributed by atoms with Crippen molar-refractivity contribution in [2.24, 2.45) is 0 Å². The van der Waals surface area contributed by atoms with Crippen molar-refractivity contribution in [3.8, 4) is 0 Å². The first-order valence-corrected chi connectivity index (χ1v) is 11.4. The molecule has 1 aromatic heterocycles. The Labute approximate surface area is 212 Å². The number of aliphatic hydroxyl groups excluding tert-OH is 1. The van der Waals surface area contributed by atoms with E-state index in [4.69, 9.17) is 4.74 Å². The second-order valence-electron chi connectivity index (χ2n) is 8.67. The summed E-state index contributed by atoms with van der Waals surface area (Å²) < 4.78 is 5.19. The molecule has 1 saturated heterocycles. The summed E-state index contributed by atoms with van der Waals surface area (Å²) >= 11 is 0. The second kappa shape index (κ2) is 10.4. The number of ketones is 1. The van der Waals surface area contributed by atoms with E-state index in [9.17, 15) is 29.6 Å². The Balaban J connectivity index is 1.72. The van der Waals surface area contributed by atoms with E-state index in [-0.39, 0.29) is 29.5 Å². The third kappa shape index (κ3) is 5.22. The summed E-state index contributed by atoms with van der Waals surface area (Å²) in [5, 5.41) is 22.0. The van der Waals surface area contributed by atoms with Gasteiger partial charge in [-0.2, -0.15) is 0 Å². The fraction of sp³-hybridized carbons (Fsp3) is 0.185. The zero-order chi connectivity index (χ0) is 26.7. The number of hydrogen-bond donors (Lipinski definition) is 1. The number of hydrogen-bond acceptors (Lipinski definition) is 8. The van der Waals surface area contributed by atoms with Crippen LogP contribution in [0.25, 0.3) is 5.76 Å². The molecule has 1 aliphatic rings. The number of aromatic nitrogens is 1. The van der Waals surface area contributed by atoms with Gasteiger partial charge in [-0.05, 0) is 55.3 Å². The number of nitro benzene ring substituents is 1. The topological polar surface area (TPSA) is 140 Å². The van der Waals surface area contributed by atoms with Gasteiger partial charge in [0, 0.05) is 36.6 Å². The summed E-state index contributed by atoms with van der Waals surface area (Å²) in [5.41, 5.74) is 1.33. The van der Waals surface area contributed by atoms with E-state index in [1.807, 2.05) is 0 Å². The Morgan fingerprint density at radius 2 is 1.73 bits per heavy atom. The van der Waals surface area contributed by atoms with Crippen LogP contribution >= 0.6 is 0 Å². The maximum atomic E-state index is 13.1. The number of nitro groups is 1. The van der Waals surface area contributed by atoms with Crippen LogP contribution in [0, 0.1) is 10.1 Å². The number of esters is 1. The number of non-ortho nitro benzene ring substituents is 1. The number of pyridine rings is 1. The number of nitrogens with zero attached hydrogens (tertiary/aromatic N) is 3. The molecule has 0 radical (unpaired) electrons. The van der Waals surface area contributed by atoms with E-state index in [1.165, 1.54) is 35.4 Å². The average Bonchev–Trinajstić information content (AvgIpc) is 3.13. The fourth-order valence-electron chi connectivity index (χ4n) is 4.05. The first kappa shape index (κ1) is 25.2. The lowest BCUT2D eigenvalue weighted by Gasteiger charge is -2.25. The van der Waals surface area contributed by atoms with Gasteiger partial charge in [-0.15, -0.1) is 0 Å². The van der Waals surface area contributed by atoms with Crippen molar-refractivity contribution in [1.29, 1.82) is 0 Å². The van der Waals surface area contributed by atoms with Crippen LogP contribution in [-0.4, -0.2) is 43.7 Å². The minimum Gasteiger partial charge on any atom is -0.507 e. The van der Waals surface area contributed by atoms with Gasteiger partial charge in [0.1, 0.15) is 5.76 Å². The number of Topliss-reactive ketones (excluding diaryl/α,β-unsaturated/α-hetero) is 1. The van der Waals surface area contributed by atoms with E-state index in [0.29, 0.717) is 16.7 Å². The highest BCUT2D eigenvalue weighted by molar-refractivity contribution is 6.46. The van der Waals surface area contributed by atoms with E-state index in [1.54, 1.807) is 56.4 Å². The number of carbonyl (C=O) groups is 3. The molecule has 10 heteroatoms. The van der Waals surface area contributed by atoms with Crippen LogP contribution in [0.3, 0.4) is 0 Å². The molecule has 0 aliphatic carbocycles. The zero-order valence-corrected chi connectivity index (χ0v) is 20.0. The standard InChI is InChI=1S/C27H23N3O7/c1-16(2)37-27(34)19-7-5-17(6-8-19)15-29-23(20-4-3-13-28-14-20)22(25(32)26(29)33)24(31)18-9-11-21(12-10-18)30(35)36/h3-14,16,23,31H,15H2,1-2H3/b24-22-. The number of amides is 1. The Hall–Kier alpha value is -4.86. The lowest BCUT2D eigenvalue weighted by atomic mass is 9.96. The monoisotopic (exact) mass is 501 g/mol. The fourth-order valence-corrected chi connectivity index (χ4v) is 4.05. The maximum absolute atomic E-state index is 13.1. The summed E-state index contributed by atoms with van der Waals surface area (Å²) in [6, 6.07) is 13.9. The molecule has 1 fully saturated rings. The summed E-state index contributed by atoms with van der Waals surface area (Å²) in [6.45, 7) is 3.51. The molecule has 188 valence electrons. The van der Waals surface area contributed by atoms with Crippen molar-refractivity contribution in [3.05, 3.63) is 111 Å². The van der Waals surface area contributed by atoms with Crippen LogP contribution in [0.1, 0.15) is 46.9 Å². The minimum absolute atomic E-state index is 0.0146. The number of benzene rings is 2. The smallest absolute Gasteiger partial charge is 0.338 e. The van der Waals surface area contributed by atoms with Crippen molar-refractivity contribution in [2.45, 2.75) is 32.5 Å². The third-order valence-corrected chi connectivity index (χ3v) is 5.78. The van der Waals surface area contributed by atoms with Crippen molar-refractivity contribution in [3.63, 3.8) is 0 Å². The highest BCUT2D eigenvalue weighted by Gasteiger charge is 2.46. The highest BCUT2D eigenvalue weighted by atomic mass is 16.6. The van der Waals surface area contributed by atoms with E-state index in [0.717, 1.165) is 0 Å². The quantitative estimate of drug-likeness (QED) is 0.127. The molecule has 0 saturated carbocycles. The largest absolute Gasteiger partial charge is 0.507 e. The average molecular weight is 501 g/mol. The number of likely N-dealkylation sites (tertiary alicyclic amines) is 1. The van der Waals surface area contributed by atoms with Gasteiger partial charge >= 0.3 is 5.97 Å². The molecule has 1 amide bonds. The van der Waals surface area contributed by atoms with Crippen LogP contribution in [0.2, 0.25) is 0 Å². The van der Waals surface area contributed by atoms with Gasteiger partial charge in [-0.3, -0.25) is 24.7 Å². The molecule has 1 atom stereocenters. The molecule has 3 aromatic rings. The zero-order valence-electron chi connectivity index (χ0n) is 20.0. The lowest BCUT2D eigenvalue weighted by Crippen LogP contribution is -2.29. The van der Waals surface area contributed by atoms with Crippen LogP contribution < -0.4 is 0 Å².